The minimum atomic E-state index is 0.185. The van der Waals surface area contributed by atoms with Gasteiger partial charge in [-0.05, 0) is 42.9 Å². The fraction of sp³-hybridized carbons (Fsp3) is 0.857. The smallest absolute Gasteiger partial charge is 0.226 e. The van der Waals surface area contributed by atoms with Gasteiger partial charge in [-0.15, -0.1) is 0 Å². The number of amides is 1. The lowest BCUT2D eigenvalue weighted by Gasteiger charge is -2.27. The topological polar surface area (TPSA) is 59.2 Å². The van der Waals surface area contributed by atoms with Crippen LogP contribution in [0.1, 0.15) is 89.3 Å². The number of carbonyl (C=O) groups is 1. The van der Waals surface area contributed by atoms with Gasteiger partial charge in [-0.25, -0.2) is 0 Å². The second-order valence-corrected chi connectivity index (χ2v) is 9.40. The predicted octanol–water partition coefficient (Wildman–Crippen LogP) is 4.33. The van der Waals surface area contributed by atoms with Crippen LogP contribution in [-0.2, 0) is 11.2 Å². The Kier molecular flexibility index (Phi) is 5.07. The quantitative estimate of drug-likeness (QED) is 0.785. The molecule has 0 N–H and O–H groups in total. The molecule has 1 spiro atoms. The molecule has 5 heteroatoms. The Hall–Kier alpha value is -1.39. The Labute approximate surface area is 156 Å². The van der Waals surface area contributed by atoms with E-state index in [2.05, 4.69) is 23.9 Å². The van der Waals surface area contributed by atoms with E-state index in [1.807, 2.05) is 0 Å². The second-order valence-electron chi connectivity index (χ2n) is 9.40. The predicted molar refractivity (Wildman–Crippen MR) is 99.6 cm³/mol. The van der Waals surface area contributed by atoms with Crippen LogP contribution in [0.5, 0.6) is 0 Å². The maximum atomic E-state index is 12.9. The zero-order chi connectivity index (χ0) is 18.1. The summed E-state index contributed by atoms with van der Waals surface area (Å²) >= 11 is 0. The van der Waals surface area contributed by atoms with E-state index in [4.69, 9.17) is 9.51 Å². The summed E-state index contributed by atoms with van der Waals surface area (Å²) in [6.45, 7) is 6.02. The molecular formula is C21H33N3O2. The first-order valence-corrected chi connectivity index (χ1v) is 10.7. The van der Waals surface area contributed by atoms with E-state index < -0.39 is 0 Å². The van der Waals surface area contributed by atoms with E-state index in [-0.39, 0.29) is 11.3 Å². The van der Waals surface area contributed by atoms with Gasteiger partial charge in [0.25, 0.3) is 0 Å². The molecule has 2 heterocycles. The Morgan fingerprint density at radius 1 is 1.23 bits per heavy atom. The third-order valence-electron chi connectivity index (χ3n) is 6.92. The van der Waals surface area contributed by atoms with Crippen LogP contribution in [0, 0.1) is 17.3 Å². The average Bonchev–Trinajstić information content (AvgIpc) is 3.36. The van der Waals surface area contributed by atoms with Gasteiger partial charge in [-0.1, -0.05) is 44.7 Å². The molecule has 4 rings (SSSR count). The van der Waals surface area contributed by atoms with Crippen LogP contribution < -0.4 is 0 Å². The standard InChI is InChI=1S/C21H33N3O2/c1-15(2)11-18-22-20(23-26-18)17-13-24(14-21(17)9-5-6-10-21)19(25)12-16-7-3-4-8-16/h15-17H,3-14H2,1-2H3. The Morgan fingerprint density at radius 3 is 2.65 bits per heavy atom. The molecule has 1 aromatic rings. The largest absolute Gasteiger partial charge is 0.341 e. The van der Waals surface area contributed by atoms with E-state index in [0.29, 0.717) is 17.7 Å². The highest BCUT2D eigenvalue weighted by Gasteiger charge is 2.51. The van der Waals surface area contributed by atoms with E-state index in [9.17, 15) is 4.79 Å². The number of rotatable bonds is 5. The third kappa shape index (κ3) is 3.54. The molecule has 144 valence electrons. The highest BCUT2D eigenvalue weighted by Crippen LogP contribution is 2.53. The summed E-state index contributed by atoms with van der Waals surface area (Å²) < 4.78 is 5.53. The summed E-state index contributed by atoms with van der Waals surface area (Å²) in [7, 11) is 0. The molecule has 0 aromatic carbocycles. The van der Waals surface area contributed by atoms with Crippen LogP contribution in [0.3, 0.4) is 0 Å². The Balaban J connectivity index is 1.49. The van der Waals surface area contributed by atoms with E-state index in [0.717, 1.165) is 37.6 Å². The lowest BCUT2D eigenvalue weighted by atomic mass is 9.76. The van der Waals surface area contributed by atoms with Gasteiger partial charge in [0.1, 0.15) is 0 Å². The van der Waals surface area contributed by atoms with E-state index >= 15 is 0 Å². The monoisotopic (exact) mass is 359 g/mol. The molecule has 1 amide bonds. The lowest BCUT2D eigenvalue weighted by Crippen LogP contribution is -2.32. The van der Waals surface area contributed by atoms with Crippen molar-refractivity contribution in [3.05, 3.63) is 11.7 Å². The normalized spacial score (nSPS) is 25.8. The first-order valence-electron chi connectivity index (χ1n) is 10.7. The van der Waals surface area contributed by atoms with Gasteiger partial charge in [0, 0.05) is 31.8 Å². The van der Waals surface area contributed by atoms with Crippen molar-refractivity contribution in [3.63, 3.8) is 0 Å². The minimum absolute atomic E-state index is 0.185. The zero-order valence-electron chi connectivity index (χ0n) is 16.4. The number of hydrogen-bond acceptors (Lipinski definition) is 4. The van der Waals surface area contributed by atoms with E-state index in [1.165, 1.54) is 51.4 Å². The van der Waals surface area contributed by atoms with Gasteiger partial charge < -0.3 is 9.42 Å². The number of likely N-dealkylation sites (tertiary alicyclic amines) is 1. The van der Waals surface area contributed by atoms with Crippen molar-refractivity contribution < 1.29 is 9.32 Å². The Morgan fingerprint density at radius 2 is 1.96 bits per heavy atom. The first-order chi connectivity index (χ1) is 12.6. The van der Waals surface area contributed by atoms with Gasteiger partial charge >= 0.3 is 0 Å². The number of carbonyl (C=O) groups excluding carboxylic acids is 1. The highest BCUT2D eigenvalue weighted by atomic mass is 16.5. The fourth-order valence-electron chi connectivity index (χ4n) is 5.53. The van der Waals surface area contributed by atoms with Crippen LogP contribution in [0.2, 0.25) is 0 Å². The van der Waals surface area contributed by atoms with Gasteiger partial charge in [0.2, 0.25) is 11.8 Å². The highest BCUT2D eigenvalue weighted by molar-refractivity contribution is 5.77. The third-order valence-corrected chi connectivity index (χ3v) is 6.92. The van der Waals surface area contributed by atoms with Crippen molar-refractivity contribution in [3.8, 4) is 0 Å². The summed E-state index contributed by atoms with van der Waals surface area (Å²) in [4.78, 5) is 19.8. The van der Waals surface area contributed by atoms with Crippen molar-refractivity contribution in [2.45, 2.75) is 84.0 Å². The molecule has 1 aromatic heterocycles. The lowest BCUT2D eigenvalue weighted by molar-refractivity contribution is -0.131. The fourth-order valence-corrected chi connectivity index (χ4v) is 5.53. The molecule has 1 atom stereocenters. The molecular weight excluding hydrogens is 326 g/mol. The van der Waals surface area contributed by atoms with Gasteiger partial charge in [-0.3, -0.25) is 4.79 Å². The molecule has 2 aliphatic carbocycles. The molecule has 0 radical (unpaired) electrons. The summed E-state index contributed by atoms with van der Waals surface area (Å²) in [6.07, 6.45) is 11.5. The maximum absolute atomic E-state index is 12.9. The van der Waals surface area contributed by atoms with Crippen molar-refractivity contribution in [1.82, 2.24) is 15.0 Å². The second kappa shape index (κ2) is 7.32. The molecule has 3 aliphatic rings. The van der Waals surface area contributed by atoms with E-state index in [1.54, 1.807) is 0 Å². The molecule has 0 bridgehead atoms. The summed E-state index contributed by atoms with van der Waals surface area (Å²) in [5, 5.41) is 4.34. The number of hydrogen-bond donors (Lipinski definition) is 0. The van der Waals surface area contributed by atoms with Gasteiger partial charge in [0.05, 0.1) is 0 Å². The molecule has 2 saturated carbocycles. The van der Waals surface area contributed by atoms with Crippen LogP contribution in [0.4, 0.5) is 0 Å². The molecule has 1 aliphatic heterocycles. The number of nitrogens with zero attached hydrogens (tertiary/aromatic N) is 3. The Bertz CT molecular complexity index is 627. The van der Waals surface area contributed by atoms with Gasteiger partial charge in [-0.2, -0.15) is 4.98 Å². The molecule has 1 unspecified atom stereocenters. The van der Waals surface area contributed by atoms with Crippen LogP contribution in [-0.4, -0.2) is 34.0 Å². The van der Waals surface area contributed by atoms with Gasteiger partial charge in [0.15, 0.2) is 5.82 Å². The van der Waals surface area contributed by atoms with Crippen molar-refractivity contribution >= 4 is 5.91 Å². The first kappa shape index (κ1) is 18.0. The van der Waals surface area contributed by atoms with Crippen LogP contribution >= 0.6 is 0 Å². The molecule has 26 heavy (non-hydrogen) atoms. The number of aromatic nitrogens is 2. The summed E-state index contributed by atoms with van der Waals surface area (Å²) in [5.74, 6) is 3.33. The van der Waals surface area contributed by atoms with Crippen molar-refractivity contribution in [1.29, 1.82) is 0 Å². The average molecular weight is 360 g/mol. The molecule has 3 fully saturated rings. The maximum Gasteiger partial charge on any atom is 0.226 e. The minimum Gasteiger partial charge on any atom is -0.341 e. The SMILES string of the molecule is CC(C)Cc1nc(C2CN(C(=O)CC3CCCC3)CC23CCCC3)no1. The zero-order valence-corrected chi connectivity index (χ0v) is 16.4. The molecule has 1 saturated heterocycles. The van der Waals surface area contributed by atoms with Crippen molar-refractivity contribution in [2.75, 3.05) is 13.1 Å². The van der Waals surface area contributed by atoms with Crippen LogP contribution in [0.25, 0.3) is 0 Å². The summed E-state index contributed by atoms with van der Waals surface area (Å²) in [5.41, 5.74) is 0.185. The van der Waals surface area contributed by atoms with Crippen LogP contribution in [0.15, 0.2) is 4.52 Å². The molecule has 5 nitrogen and oxygen atoms in total. The summed E-state index contributed by atoms with van der Waals surface area (Å²) in [6, 6.07) is 0. The van der Waals surface area contributed by atoms with Crippen molar-refractivity contribution in [2.24, 2.45) is 17.3 Å².